The first kappa shape index (κ1) is 18.9. The van der Waals surface area contributed by atoms with Gasteiger partial charge in [-0.15, -0.1) is 11.8 Å². The Hall–Kier alpha value is -2.86. The van der Waals surface area contributed by atoms with E-state index in [1.807, 2.05) is 30.3 Å². The minimum Gasteiger partial charge on any atom is -0.273 e. The maximum absolute atomic E-state index is 12.2. The van der Waals surface area contributed by atoms with Crippen molar-refractivity contribution in [3.8, 4) is 0 Å². The molecule has 1 aromatic heterocycles. The Morgan fingerprint density at radius 3 is 2.59 bits per heavy atom. The Labute approximate surface area is 162 Å². The first-order valence-corrected chi connectivity index (χ1v) is 9.66. The Morgan fingerprint density at radius 2 is 1.78 bits per heavy atom. The highest BCUT2D eigenvalue weighted by atomic mass is 32.2. The largest absolute Gasteiger partial charge is 0.288 e. The molecule has 0 atom stereocenters. The van der Waals surface area contributed by atoms with Crippen LogP contribution in [0.25, 0.3) is 10.9 Å². The number of carbonyl (C=O) groups is 2. The zero-order valence-electron chi connectivity index (χ0n) is 15.3. The van der Waals surface area contributed by atoms with Gasteiger partial charge >= 0.3 is 0 Å². The summed E-state index contributed by atoms with van der Waals surface area (Å²) in [6.45, 7) is 4.15. The van der Waals surface area contributed by atoms with Crippen molar-refractivity contribution in [3.63, 3.8) is 0 Å². The molecule has 5 nitrogen and oxygen atoms in total. The minimum atomic E-state index is -0.434. The molecule has 6 heteroatoms. The topological polar surface area (TPSA) is 71.1 Å². The van der Waals surface area contributed by atoms with E-state index in [1.54, 1.807) is 17.8 Å². The predicted molar refractivity (Wildman–Crippen MR) is 109 cm³/mol. The van der Waals surface area contributed by atoms with Crippen molar-refractivity contribution in [1.82, 2.24) is 15.8 Å². The lowest BCUT2D eigenvalue weighted by Crippen LogP contribution is -2.42. The summed E-state index contributed by atoms with van der Waals surface area (Å²) >= 11 is 1.62. The van der Waals surface area contributed by atoms with E-state index in [2.05, 4.69) is 47.9 Å². The highest BCUT2D eigenvalue weighted by Gasteiger charge is 2.09. The molecule has 0 spiro atoms. The van der Waals surface area contributed by atoms with Crippen LogP contribution in [0.4, 0.5) is 0 Å². The molecule has 0 saturated carbocycles. The standard InChI is InChI=1S/C21H21N3O2S/c1-14-7-9-17(13-15(14)2)27-12-11-20(25)23-24-21(26)19-10-8-16-5-3-4-6-18(16)22-19/h3-10,13H,11-12H2,1-2H3,(H,23,25)(H,24,26). The monoisotopic (exact) mass is 379 g/mol. The van der Waals surface area contributed by atoms with Crippen LogP contribution in [-0.2, 0) is 4.79 Å². The molecule has 0 aliphatic rings. The van der Waals surface area contributed by atoms with Gasteiger partial charge in [0, 0.05) is 22.5 Å². The highest BCUT2D eigenvalue weighted by Crippen LogP contribution is 2.21. The lowest BCUT2D eigenvalue weighted by Gasteiger charge is -2.08. The molecule has 0 bridgehead atoms. The second kappa shape index (κ2) is 8.68. The Balaban J connectivity index is 1.46. The smallest absolute Gasteiger partial charge is 0.273 e. The summed E-state index contributed by atoms with van der Waals surface area (Å²) < 4.78 is 0. The van der Waals surface area contributed by atoms with Crippen molar-refractivity contribution in [1.29, 1.82) is 0 Å². The number of thioether (sulfide) groups is 1. The number of hydrogen-bond donors (Lipinski definition) is 2. The van der Waals surface area contributed by atoms with Gasteiger partial charge in [0.15, 0.2) is 0 Å². The first-order chi connectivity index (χ1) is 13.0. The summed E-state index contributed by atoms with van der Waals surface area (Å²) in [5.41, 5.74) is 8.35. The molecule has 0 aliphatic carbocycles. The number of benzene rings is 2. The molecule has 2 amide bonds. The third kappa shape index (κ3) is 5.08. The van der Waals surface area contributed by atoms with Gasteiger partial charge in [-0.25, -0.2) is 4.98 Å². The zero-order chi connectivity index (χ0) is 19.2. The van der Waals surface area contributed by atoms with Gasteiger partial charge in [0.1, 0.15) is 5.69 Å². The van der Waals surface area contributed by atoms with Crippen LogP contribution >= 0.6 is 11.8 Å². The van der Waals surface area contributed by atoms with Gasteiger partial charge in [0.25, 0.3) is 5.91 Å². The molecule has 0 fully saturated rings. The Morgan fingerprint density at radius 1 is 0.963 bits per heavy atom. The summed E-state index contributed by atoms with van der Waals surface area (Å²) in [6, 6.07) is 17.3. The first-order valence-electron chi connectivity index (χ1n) is 8.68. The van der Waals surface area contributed by atoms with E-state index in [1.165, 1.54) is 11.1 Å². The van der Waals surface area contributed by atoms with Crippen LogP contribution in [0.3, 0.4) is 0 Å². The van der Waals surface area contributed by atoms with Crippen LogP contribution in [0.5, 0.6) is 0 Å². The van der Waals surface area contributed by atoms with Gasteiger partial charge in [-0.3, -0.25) is 20.4 Å². The maximum Gasteiger partial charge on any atom is 0.288 e. The fourth-order valence-corrected chi connectivity index (χ4v) is 3.46. The van der Waals surface area contributed by atoms with E-state index in [4.69, 9.17) is 0 Å². The number of pyridine rings is 1. The van der Waals surface area contributed by atoms with E-state index in [0.717, 1.165) is 15.8 Å². The summed E-state index contributed by atoms with van der Waals surface area (Å²) in [7, 11) is 0. The Bertz CT molecular complexity index is 988. The number of amides is 2. The second-order valence-corrected chi connectivity index (χ2v) is 7.40. The number of rotatable bonds is 5. The molecular weight excluding hydrogens is 358 g/mol. The molecule has 2 N–H and O–H groups in total. The number of aryl methyl sites for hydroxylation is 2. The summed E-state index contributed by atoms with van der Waals surface area (Å²) in [6.07, 6.45) is 0.309. The normalized spacial score (nSPS) is 10.6. The molecular formula is C21H21N3O2S. The molecule has 1 heterocycles. The van der Waals surface area contributed by atoms with Crippen LogP contribution in [0.2, 0.25) is 0 Å². The van der Waals surface area contributed by atoms with Crippen molar-refractivity contribution in [2.45, 2.75) is 25.2 Å². The van der Waals surface area contributed by atoms with Crippen LogP contribution < -0.4 is 10.9 Å². The molecule has 27 heavy (non-hydrogen) atoms. The molecule has 0 unspecified atom stereocenters. The van der Waals surface area contributed by atoms with Crippen molar-refractivity contribution in [3.05, 3.63) is 71.4 Å². The number of hydrazine groups is 1. The lowest BCUT2D eigenvalue weighted by molar-refractivity contribution is -0.121. The second-order valence-electron chi connectivity index (χ2n) is 6.24. The highest BCUT2D eigenvalue weighted by molar-refractivity contribution is 7.99. The predicted octanol–water partition coefficient (Wildman–Crippen LogP) is 3.80. The Kier molecular flexibility index (Phi) is 6.08. The quantitative estimate of drug-likeness (QED) is 0.523. The van der Waals surface area contributed by atoms with Gasteiger partial charge in [-0.05, 0) is 49.2 Å². The molecule has 3 aromatic rings. The van der Waals surface area contributed by atoms with Gasteiger partial charge in [0.05, 0.1) is 5.52 Å². The molecule has 2 aromatic carbocycles. The molecule has 0 saturated heterocycles. The third-order valence-corrected chi connectivity index (χ3v) is 5.22. The lowest BCUT2D eigenvalue weighted by atomic mass is 10.1. The number of aromatic nitrogens is 1. The van der Waals surface area contributed by atoms with Crippen LogP contribution in [0.1, 0.15) is 28.0 Å². The number of para-hydroxylation sites is 1. The fraction of sp³-hybridized carbons (Fsp3) is 0.190. The SMILES string of the molecule is Cc1ccc(SCCC(=O)NNC(=O)c2ccc3ccccc3n2)cc1C. The third-order valence-electron chi connectivity index (χ3n) is 4.22. The molecule has 138 valence electrons. The maximum atomic E-state index is 12.2. The number of nitrogens with one attached hydrogen (secondary N) is 2. The van der Waals surface area contributed by atoms with Crippen molar-refractivity contribution in [2.75, 3.05) is 5.75 Å². The average Bonchev–Trinajstić information content (AvgIpc) is 2.68. The fourth-order valence-electron chi connectivity index (χ4n) is 2.51. The number of carbonyl (C=O) groups excluding carboxylic acids is 2. The van der Waals surface area contributed by atoms with Crippen LogP contribution in [0.15, 0.2) is 59.5 Å². The summed E-state index contributed by atoms with van der Waals surface area (Å²) in [5, 5.41) is 0.960. The van der Waals surface area contributed by atoms with Gasteiger partial charge in [0.2, 0.25) is 5.91 Å². The summed E-state index contributed by atoms with van der Waals surface area (Å²) in [5.74, 6) is -0.0327. The van der Waals surface area contributed by atoms with Crippen LogP contribution in [-0.4, -0.2) is 22.6 Å². The van der Waals surface area contributed by atoms with E-state index in [0.29, 0.717) is 12.2 Å². The zero-order valence-corrected chi connectivity index (χ0v) is 16.1. The minimum absolute atomic E-state index is 0.236. The van der Waals surface area contributed by atoms with E-state index in [9.17, 15) is 9.59 Å². The summed E-state index contributed by atoms with van der Waals surface area (Å²) in [4.78, 5) is 29.5. The number of fused-ring (bicyclic) bond motifs is 1. The van der Waals surface area contributed by atoms with E-state index < -0.39 is 5.91 Å². The molecule has 0 aliphatic heterocycles. The van der Waals surface area contributed by atoms with Crippen molar-refractivity contribution in [2.24, 2.45) is 0 Å². The van der Waals surface area contributed by atoms with E-state index >= 15 is 0 Å². The van der Waals surface area contributed by atoms with Crippen molar-refractivity contribution >= 4 is 34.5 Å². The van der Waals surface area contributed by atoms with Gasteiger partial charge in [-0.1, -0.05) is 30.3 Å². The van der Waals surface area contributed by atoms with Crippen LogP contribution in [0, 0.1) is 13.8 Å². The van der Waals surface area contributed by atoms with Gasteiger partial charge in [-0.2, -0.15) is 0 Å². The van der Waals surface area contributed by atoms with Crippen molar-refractivity contribution < 1.29 is 9.59 Å². The molecule has 0 radical (unpaired) electrons. The van der Waals surface area contributed by atoms with Gasteiger partial charge < -0.3 is 0 Å². The molecule has 3 rings (SSSR count). The van der Waals surface area contributed by atoms with E-state index in [-0.39, 0.29) is 11.6 Å². The average molecular weight is 379 g/mol. The number of nitrogens with zero attached hydrogens (tertiary/aromatic N) is 1. The number of hydrogen-bond acceptors (Lipinski definition) is 4.